The van der Waals surface area contributed by atoms with E-state index in [9.17, 15) is 13.6 Å². The summed E-state index contributed by atoms with van der Waals surface area (Å²) >= 11 is 0. The minimum absolute atomic E-state index is 0.103. The van der Waals surface area contributed by atoms with Crippen molar-refractivity contribution in [3.05, 3.63) is 58.7 Å². The average molecular weight is 345 g/mol. The zero-order chi connectivity index (χ0) is 18.0. The number of nitrogens with zero attached hydrogens (tertiary/aromatic N) is 1. The van der Waals surface area contributed by atoms with Crippen LogP contribution >= 0.6 is 0 Å². The van der Waals surface area contributed by atoms with E-state index in [0.717, 1.165) is 47.9 Å². The van der Waals surface area contributed by atoms with E-state index in [1.807, 2.05) is 19.1 Å². The zero-order valence-electron chi connectivity index (χ0n) is 14.4. The number of carbonyl (C=O) groups excluding carboxylic acids is 1. The van der Waals surface area contributed by atoms with Crippen LogP contribution in [0.4, 0.5) is 14.5 Å². The van der Waals surface area contributed by atoms with E-state index in [1.54, 1.807) is 12.0 Å². The van der Waals surface area contributed by atoms with Gasteiger partial charge in [0.15, 0.2) is 0 Å². The lowest BCUT2D eigenvalue weighted by molar-refractivity contribution is -0.118. The lowest BCUT2D eigenvalue weighted by Gasteiger charge is -2.32. The van der Waals surface area contributed by atoms with Crippen molar-refractivity contribution in [2.75, 3.05) is 18.6 Å². The standard InChI is InChI=1S/C20H21F2NO2/c1-13-5-9-18(25-2)20-16(13)4-3-11-23(20)19(24)10-6-14-12-15(21)7-8-17(14)22/h5,7-9,12H,3-4,6,10-11H2,1-2H3. The summed E-state index contributed by atoms with van der Waals surface area (Å²) < 4.78 is 32.5. The monoisotopic (exact) mass is 345 g/mol. The Labute approximate surface area is 146 Å². The highest BCUT2D eigenvalue weighted by molar-refractivity contribution is 5.96. The van der Waals surface area contributed by atoms with E-state index < -0.39 is 11.6 Å². The van der Waals surface area contributed by atoms with Gasteiger partial charge in [-0.05, 0) is 67.1 Å². The maximum absolute atomic E-state index is 13.8. The first kappa shape index (κ1) is 17.4. The molecule has 1 amide bonds. The number of halogens is 2. The van der Waals surface area contributed by atoms with Gasteiger partial charge in [-0.15, -0.1) is 0 Å². The van der Waals surface area contributed by atoms with E-state index >= 15 is 0 Å². The lowest BCUT2D eigenvalue weighted by Crippen LogP contribution is -2.36. The third-order valence-electron chi connectivity index (χ3n) is 4.70. The Balaban J connectivity index is 1.83. The lowest BCUT2D eigenvalue weighted by atomic mass is 9.95. The van der Waals surface area contributed by atoms with Gasteiger partial charge < -0.3 is 9.64 Å². The molecule has 1 heterocycles. The molecule has 0 saturated heterocycles. The van der Waals surface area contributed by atoms with Gasteiger partial charge in [-0.25, -0.2) is 8.78 Å². The van der Waals surface area contributed by atoms with Gasteiger partial charge in [-0.1, -0.05) is 6.07 Å². The summed E-state index contributed by atoms with van der Waals surface area (Å²) in [5, 5.41) is 0. The fourth-order valence-electron chi connectivity index (χ4n) is 3.38. The number of carbonyl (C=O) groups is 1. The maximum atomic E-state index is 13.8. The van der Waals surface area contributed by atoms with Crippen molar-refractivity contribution in [1.29, 1.82) is 0 Å². The van der Waals surface area contributed by atoms with Gasteiger partial charge in [0.05, 0.1) is 12.8 Å². The van der Waals surface area contributed by atoms with Gasteiger partial charge in [-0.3, -0.25) is 4.79 Å². The van der Waals surface area contributed by atoms with Crippen LogP contribution < -0.4 is 9.64 Å². The fourth-order valence-corrected chi connectivity index (χ4v) is 3.38. The summed E-state index contributed by atoms with van der Waals surface area (Å²) in [5.41, 5.74) is 3.29. The predicted molar refractivity (Wildman–Crippen MR) is 93.1 cm³/mol. The molecule has 1 aliphatic heterocycles. The maximum Gasteiger partial charge on any atom is 0.227 e. The number of amides is 1. The van der Waals surface area contributed by atoms with E-state index in [0.29, 0.717) is 12.3 Å². The molecule has 0 bridgehead atoms. The number of aryl methyl sites for hydroxylation is 2. The van der Waals surface area contributed by atoms with Crippen LogP contribution in [0.3, 0.4) is 0 Å². The van der Waals surface area contributed by atoms with Crippen molar-refractivity contribution >= 4 is 11.6 Å². The molecule has 0 spiro atoms. The van der Waals surface area contributed by atoms with E-state index in [4.69, 9.17) is 4.74 Å². The number of hydrogen-bond acceptors (Lipinski definition) is 2. The van der Waals surface area contributed by atoms with Gasteiger partial charge in [-0.2, -0.15) is 0 Å². The number of methoxy groups -OCH3 is 1. The van der Waals surface area contributed by atoms with Crippen molar-refractivity contribution < 1.29 is 18.3 Å². The molecule has 2 aromatic carbocycles. The SMILES string of the molecule is COc1ccc(C)c2c1N(C(=O)CCc1cc(F)ccc1F)CCC2. The van der Waals surface area contributed by atoms with Gasteiger partial charge in [0.25, 0.3) is 0 Å². The second kappa shape index (κ2) is 7.21. The Hall–Kier alpha value is -2.43. The number of benzene rings is 2. The summed E-state index contributed by atoms with van der Waals surface area (Å²) in [6.07, 6.45) is 2.07. The third kappa shape index (κ3) is 3.50. The Morgan fingerprint density at radius 1 is 1.24 bits per heavy atom. The molecule has 5 heteroatoms. The Morgan fingerprint density at radius 2 is 2.04 bits per heavy atom. The number of rotatable bonds is 4. The average Bonchev–Trinajstić information content (AvgIpc) is 2.62. The van der Waals surface area contributed by atoms with Crippen LogP contribution in [0.25, 0.3) is 0 Å². The summed E-state index contributed by atoms with van der Waals surface area (Å²) in [7, 11) is 1.59. The molecule has 0 radical (unpaired) electrons. The number of fused-ring (bicyclic) bond motifs is 1. The molecular formula is C20H21F2NO2. The van der Waals surface area contributed by atoms with Crippen LogP contribution in [0, 0.1) is 18.6 Å². The third-order valence-corrected chi connectivity index (χ3v) is 4.70. The van der Waals surface area contributed by atoms with Crippen molar-refractivity contribution in [2.45, 2.75) is 32.6 Å². The predicted octanol–water partition coefficient (Wildman–Crippen LogP) is 4.19. The molecule has 0 fully saturated rings. The smallest absolute Gasteiger partial charge is 0.227 e. The first-order chi connectivity index (χ1) is 12.0. The minimum atomic E-state index is -0.496. The molecule has 25 heavy (non-hydrogen) atoms. The molecular weight excluding hydrogens is 324 g/mol. The number of anilines is 1. The Kier molecular flexibility index (Phi) is 5.02. The molecule has 0 aromatic heterocycles. The fraction of sp³-hybridized carbons (Fsp3) is 0.350. The second-order valence-corrected chi connectivity index (χ2v) is 6.30. The molecule has 132 valence electrons. The number of hydrogen-bond donors (Lipinski definition) is 0. The van der Waals surface area contributed by atoms with E-state index in [2.05, 4.69) is 0 Å². The molecule has 1 aliphatic rings. The minimum Gasteiger partial charge on any atom is -0.495 e. The molecule has 3 nitrogen and oxygen atoms in total. The highest BCUT2D eigenvalue weighted by atomic mass is 19.1. The normalized spacial score (nSPS) is 13.5. The van der Waals surface area contributed by atoms with Crippen LogP contribution in [-0.2, 0) is 17.6 Å². The van der Waals surface area contributed by atoms with Crippen LogP contribution in [0.15, 0.2) is 30.3 Å². The van der Waals surface area contributed by atoms with E-state index in [-0.39, 0.29) is 24.3 Å². The number of ether oxygens (including phenoxy) is 1. The Morgan fingerprint density at radius 3 is 2.80 bits per heavy atom. The molecule has 0 atom stereocenters. The van der Waals surface area contributed by atoms with Crippen molar-refractivity contribution in [2.24, 2.45) is 0 Å². The molecule has 0 saturated carbocycles. The molecule has 3 rings (SSSR count). The first-order valence-electron chi connectivity index (χ1n) is 8.42. The largest absolute Gasteiger partial charge is 0.495 e. The van der Waals surface area contributed by atoms with Crippen molar-refractivity contribution in [3.8, 4) is 5.75 Å². The van der Waals surface area contributed by atoms with Crippen LogP contribution in [-0.4, -0.2) is 19.6 Å². The highest BCUT2D eigenvalue weighted by Crippen LogP contribution is 2.38. The summed E-state index contributed by atoms with van der Waals surface area (Å²) in [6.45, 7) is 2.63. The first-order valence-corrected chi connectivity index (χ1v) is 8.42. The van der Waals surface area contributed by atoms with Gasteiger partial charge in [0.2, 0.25) is 5.91 Å². The summed E-state index contributed by atoms with van der Waals surface area (Å²) in [5.74, 6) is -0.412. The van der Waals surface area contributed by atoms with Gasteiger partial charge in [0.1, 0.15) is 17.4 Å². The summed E-state index contributed by atoms with van der Waals surface area (Å²) in [6, 6.07) is 7.18. The van der Waals surface area contributed by atoms with Crippen LogP contribution in [0.1, 0.15) is 29.5 Å². The molecule has 0 N–H and O–H groups in total. The van der Waals surface area contributed by atoms with Crippen molar-refractivity contribution in [3.63, 3.8) is 0 Å². The molecule has 0 unspecified atom stereocenters. The highest BCUT2D eigenvalue weighted by Gasteiger charge is 2.27. The van der Waals surface area contributed by atoms with Crippen molar-refractivity contribution in [1.82, 2.24) is 0 Å². The van der Waals surface area contributed by atoms with Crippen LogP contribution in [0.5, 0.6) is 5.75 Å². The Bertz CT molecular complexity index is 805. The molecule has 0 aliphatic carbocycles. The second-order valence-electron chi connectivity index (χ2n) is 6.30. The topological polar surface area (TPSA) is 29.5 Å². The van der Waals surface area contributed by atoms with Gasteiger partial charge >= 0.3 is 0 Å². The van der Waals surface area contributed by atoms with E-state index in [1.165, 1.54) is 0 Å². The molecule has 2 aromatic rings. The quantitative estimate of drug-likeness (QED) is 0.831. The van der Waals surface area contributed by atoms with Gasteiger partial charge in [0, 0.05) is 13.0 Å². The summed E-state index contributed by atoms with van der Waals surface area (Å²) in [4.78, 5) is 14.5. The zero-order valence-corrected chi connectivity index (χ0v) is 14.4. The van der Waals surface area contributed by atoms with Crippen LogP contribution in [0.2, 0.25) is 0 Å².